The third-order valence-electron chi connectivity index (χ3n) is 15.7. The fraction of sp³-hybridized carbons (Fsp3) is 0.235. The molecule has 0 bridgehead atoms. The summed E-state index contributed by atoms with van der Waals surface area (Å²) in [5.41, 5.74) is 24.1. The topological polar surface area (TPSA) is 6.48 Å². The number of hydrogen-bond acceptors (Lipinski definition) is 2. The number of hydrogen-bond donors (Lipinski definition) is 0. The molecule has 0 saturated carbocycles. The summed E-state index contributed by atoms with van der Waals surface area (Å²) in [5.74, 6) is 0.579. The van der Waals surface area contributed by atoms with Crippen molar-refractivity contribution in [1.29, 1.82) is 0 Å². The predicted molar refractivity (Wildman–Crippen MR) is 302 cm³/mol. The zero-order chi connectivity index (χ0) is 48.4. The van der Waals surface area contributed by atoms with E-state index in [-0.39, 0.29) is 22.7 Å². The van der Waals surface area contributed by atoms with E-state index in [4.69, 9.17) is 0 Å². The molecule has 0 fully saturated rings. The first kappa shape index (κ1) is 44.1. The van der Waals surface area contributed by atoms with Crippen molar-refractivity contribution in [2.45, 2.75) is 105 Å². The van der Waals surface area contributed by atoms with Gasteiger partial charge in [0.05, 0.1) is 22.7 Å². The molecule has 0 saturated heterocycles. The van der Waals surface area contributed by atoms with Gasteiger partial charge in [0.25, 0.3) is 0 Å². The van der Waals surface area contributed by atoms with Crippen molar-refractivity contribution < 1.29 is 0 Å². The van der Waals surface area contributed by atoms with Gasteiger partial charge >= 0.3 is 0 Å². The molecule has 0 radical (unpaired) electrons. The van der Waals surface area contributed by atoms with E-state index >= 15 is 0 Å². The first-order chi connectivity index (χ1) is 33.7. The number of para-hydroxylation sites is 2. The largest absolute Gasteiger partial charge is 0.310 e. The van der Waals surface area contributed by atoms with Gasteiger partial charge in [-0.05, 0) is 160 Å². The lowest BCUT2D eigenvalue weighted by atomic mass is 9.82. The Morgan fingerprint density at radius 1 is 0.343 bits per heavy atom. The Bertz CT molecular complexity index is 3430. The van der Waals surface area contributed by atoms with E-state index in [0.717, 1.165) is 12.8 Å². The molecule has 2 heteroatoms. The number of anilines is 6. The van der Waals surface area contributed by atoms with Crippen LogP contribution in [0.5, 0.6) is 0 Å². The first-order valence-electron chi connectivity index (χ1n) is 25.7. The summed E-state index contributed by atoms with van der Waals surface area (Å²) in [5, 5.41) is 7.91. The SMILES string of the molecule is CC(C)c1cc(N(c2ccccc2)c2cccc3c2Cc2c-3cccc2C(C)(C)C)c2ccc3c(C(C)C)cc(N(c4ccccc4)c4cccc5c4Cc4c-5cccc4C(C)(C)C)c4ccc1c2c34. The molecule has 0 aromatic heterocycles. The summed E-state index contributed by atoms with van der Waals surface area (Å²) < 4.78 is 0. The van der Waals surface area contributed by atoms with E-state index in [1.807, 2.05) is 0 Å². The van der Waals surface area contributed by atoms with Crippen molar-refractivity contribution in [2.24, 2.45) is 0 Å². The van der Waals surface area contributed by atoms with Crippen LogP contribution >= 0.6 is 0 Å². The number of rotatable bonds is 8. The Hall–Kier alpha value is -7.16. The lowest BCUT2D eigenvalue weighted by Gasteiger charge is -2.33. The second-order valence-electron chi connectivity index (χ2n) is 22.8. The lowest BCUT2D eigenvalue weighted by Crippen LogP contribution is -2.15. The molecule has 70 heavy (non-hydrogen) atoms. The first-order valence-corrected chi connectivity index (χ1v) is 25.7. The molecule has 10 aromatic carbocycles. The van der Waals surface area contributed by atoms with Gasteiger partial charge in [0.1, 0.15) is 0 Å². The monoisotopic (exact) mass is 909 g/mol. The van der Waals surface area contributed by atoms with Gasteiger partial charge in [-0.15, -0.1) is 0 Å². The summed E-state index contributed by atoms with van der Waals surface area (Å²) in [6, 6.07) is 65.0. The molecule has 2 aliphatic rings. The van der Waals surface area contributed by atoms with E-state index in [2.05, 4.69) is 249 Å². The van der Waals surface area contributed by atoms with Crippen molar-refractivity contribution >= 4 is 66.4 Å². The molecule has 12 rings (SSSR count). The van der Waals surface area contributed by atoms with E-state index in [0.29, 0.717) is 0 Å². The molecule has 0 aliphatic heterocycles. The van der Waals surface area contributed by atoms with Crippen LogP contribution in [0, 0.1) is 0 Å². The number of fused-ring (bicyclic) bond motifs is 6. The van der Waals surface area contributed by atoms with Crippen LogP contribution in [0.2, 0.25) is 0 Å². The molecule has 2 nitrogen and oxygen atoms in total. The van der Waals surface area contributed by atoms with E-state index in [1.165, 1.54) is 133 Å². The highest BCUT2D eigenvalue weighted by Gasteiger charge is 2.33. The molecular formula is C68H64N2. The number of benzene rings is 10. The smallest absolute Gasteiger partial charge is 0.0543 e. The molecule has 346 valence electrons. The Balaban J connectivity index is 1.14. The van der Waals surface area contributed by atoms with Gasteiger partial charge in [-0.1, -0.05) is 191 Å². The molecule has 0 N–H and O–H groups in total. The van der Waals surface area contributed by atoms with Crippen LogP contribution in [0.25, 0.3) is 54.6 Å². The fourth-order valence-corrected chi connectivity index (χ4v) is 12.6. The standard InChI is InChI=1S/C68H64N2/c1-41(2)53-39-63(69(43-21-13-11-14-22-43)61-31-19-27-47-45-25-17-29-59(67(5,6)7)55(45)37-57(47)61)51-36-34-50-54(42(3)4)40-64(52-35-33-49(53)65(51)66(50)52)70(44-23-15-12-16-24-44)62-32-20-28-48-46-26-18-30-60(68(8,9)10)56(46)38-58(48)62/h11-36,39-42H,37-38H2,1-10H3. The second-order valence-corrected chi connectivity index (χ2v) is 22.8. The summed E-state index contributed by atoms with van der Waals surface area (Å²) in [7, 11) is 0. The van der Waals surface area contributed by atoms with Gasteiger partial charge in [-0.3, -0.25) is 0 Å². The second kappa shape index (κ2) is 16.2. The maximum Gasteiger partial charge on any atom is 0.0543 e. The van der Waals surface area contributed by atoms with Gasteiger partial charge in [0, 0.05) is 35.0 Å². The third kappa shape index (κ3) is 6.81. The summed E-state index contributed by atoms with van der Waals surface area (Å²) in [4.78, 5) is 5.19. The predicted octanol–water partition coefficient (Wildman–Crippen LogP) is 19.5. The molecule has 0 unspecified atom stereocenters. The quantitative estimate of drug-likeness (QED) is 0.140. The van der Waals surface area contributed by atoms with Crippen LogP contribution < -0.4 is 9.80 Å². The van der Waals surface area contributed by atoms with E-state index in [9.17, 15) is 0 Å². The highest BCUT2D eigenvalue weighted by molar-refractivity contribution is 6.29. The Kier molecular flexibility index (Phi) is 10.2. The highest BCUT2D eigenvalue weighted by atomic mass is 15.2. The Morgan fingerprint density at radius 3 is 1.04 bits per heavy atom. The maximum absolute atomic E-state index is 2.59. The average Bonchev–Trinajstić information content (AvgIpc) is 3.93. The normalized spacial score (nSPS) is 13.1. The van der Waals surface area contributed by atoms with Crippen LogP contribution in [0.4, 0.5) is 34.1 Å². The number of nitrogens with zero attached hydrogens (tertiary/aromatic N) is 2. The van der Waals surface area contributed by atoms with Crippen molar-refractivity contribution in [2.75, 3.05) is 9.80 Å². The third-order valence-corrected chi connectivity index (χ3v) is 15.7. The van der Waals surface area contributed by atoms with E-state index < -0.39 is 0 Å². The molecule has 0 spiro atoms. The van der Waals surface area contributed by atoms with Gasteiger partial charge in [-0.25, -0.2) is 0 Å². The lowest BCUT2D eigenvalue weighted by molar-refractivity contribution is 0.585. The van der Waals surface area contributed by atoms with Crippen molar-refractivity contribution in [3.05, 3.63) is 214 Å². The summed E-state index contributed by atoms with van der Waals surface area (Å²) in [6.07, 6.45) is 1.81. The van der Waals surface area contributed by atoms with Gasteiger partial charge in [0.15, 0.2) is 0 Å². The molecule has 10 aromatic rings. The minimum atomic E-state index is 0.0377. The fourth-order valence-electron chi connectivity index (χ4n) is 12.6. The Labute approximate surface area is 415 Å². The van der Waals surface area contributed by atoms with Crippen LogP contribution in [-0.2, 0) is 23.7 Å². The molecule has 0 heterocycles. The average molecular weight is 909 g/mol. The van der Waals surface area contributed by atoms with Crippen LogP contribution in [0.3, 0.4) is 0 Å². The maximum atomic E-state index is 2.59. The zero-order valence-corrected chi connectivity index (χ0v) is 42.6. The van der Waals surface area contributed by atoms with Gasteiger partial charge < -0.3 is 9.80 Å². The zero-order valence-electron chi connectivity index (χ0n) is 42.6. The summed E-state index contributed by atoms with van der Waals surface area (Å²) in [6.45, 7) is 23.6. The van der Waals surface area contributed by atoms with Crippen LogP contribution in [-0.4, -0.2) is 0 Å². The molecular weight excluding hydrogens is 845 g/mol. The molecule has 0 atom stereocenters. The molecule has 0 amide bonds. The van der Waals surface area contributed by atoms with Crippen molar-refractivity contribution in [1.82, 2.24) is 0 Å². The molecule has 2 aliphatic carbocycles. The highest BCUT2D eigenvalue weighted by Crippen LogP contribution is 2.55. The minimum Gasteiger partial charge on any atom is -0.310 e. The van der Waals surface area contributed by atoms with E-state index in [1.54, 1.807) is 0 Å². The minimum absolute atomic E-state index is 0.0377. The van der Waals surface area contributed by atoms with Gasteiger partial charge in [-0.2, -0.15) is 0 Å². The van der Waals surface area contributed by atoms with Crippen LogP contribution in [0.1, 0.15) is 126 Å². The van der Waals surface area contributed by atoms with Crippen molar-refractivity contribution in [3.63, 3.8) is 0 Å². The van der Waals surface area contributed by atoms with Crippen molar-refractivity contribution in [3.8, 4) is 22.3 Å². The Morgan fingerprint density at radius 2 is 0.686 bits per heavy atom. The van der Waals surface area contributed by atoms with Gasteiger partial charge in [0.2, 0.25) is 0 Å². The summed E-state index contributed by atoms with van der Waals surface area (Å²) >= 11 is 0. The van der Waals surface area contributed by atoms with Crippen LogP contribution in [0.15, 0.2) is 170 Å².